The second kappa shape index (κ2) is 26.8. The number of halogens is 3. The Morgan fingerprint density at radius 1 is 0.793 bits per heavy atom. The van der Waals surface area contributed by atoms with Gasteiger partial charge < -0.3 is 25.7 Å². The number of aryl methyl sites for hydroxylation is 2. The van der Waals surface area contributed by atoms with Gasteiger partial charge in [-0.05, 0) is 154 Å². The molecule has 4 fully saturated rings. The minimum Gasteiger partial charge on any atom is -0.662 e. The van der Waals surface area contributed by atoms with E-state index in [2.05, 4.69) is 120 Å². The SMILES string of the molecule is CCCCNC.Cc1ccc(I)cc1.Cc1ccc(N2C(=O)C3CCCC3C2c2ccc(Cl)cc2)cc1.O=C1NC(c2ccc(Cl)cc2)C2CCCC12.O=CO[O-].[Cs+]. The Balaban J connectivity index is 0.000000222. The molecular weight excluding hydrogens is 1010 g/mol. The first-order valence-electron chi connectivity index (χ1n) is 19.8. The number of carbonyl (C=O) groups is 3. The molecule has 2 heterocycles. The summed E-state index contributed by atoms with van der Waals surface area (Å²) in [6.07, 6.45) is 9.32. The summed E-state index contributed by atoms with van der Waals surface area (Å²) >= 11 is 14.2. The number of rotatable bonds is 7. The van der Waals surface area contributed by atoms with Crippen LogP contribution >= 0.6 is 45.8 Å². The first kappa shape index (κ1) is 50.9. The van der Waals surface area contributed by atoms with Crippen molar-refractivity contribution in [2.45, 2.75) is 84.2 Å². The van der Waals surface area contributed by atoms with Crippen LogP contribution in [0.5, 0.6) is 0 Å². The van der Waals surface area contributed by atoms with E-state index >= 15 is 0 Å². The summed E-state index contributed by atoms with van der Waals surface area (Å²) < 4.78 is 1.30. The maximum atomic E-state index is 13.0. The van der Waals surface area contributed by atoms with E-state index in [4.69, 9.17) is 33.3 Å². The zero-order valence-corrected chi connectivity index (χ0v) is 44.2. The van der Waals surface area contributed by atoms with Crippen LogP contribution in [0.3, 0.4) is 0 Å². The van der Waals surface area contributed by atoms with Crippen molar-refractivity contribution in [2.75, 3.05) is 18.5 Å². The fraction of sp³-hybridized carbons (Fsp3) is 0.413. The van der Waals surface area contributed by atoms with Gasteiger partial charge in [0.1, 0.15) is 0 Å². The van der Waals surface area contributed by atoms with Gasteiger partial charge in [0.15, 0.2) is 0 Å². The van der Waals surface area contributed by atoms with E-state index in [-0.39, 0.29) is 111 Å². The summed E-state index contributed by atoms with van der Waals surface area (Å²) in [5, 5.41) is 16.1. The van der Waals surface area contributed by atoms with Crippen molar-refractivity contribution in [1.29, 1.82) is 0 Å². The number of fused-ring (bicyclic) bond motifs is 2. The van der Waals surface area contributed by atoms with Gasteiger partial charge in [-0.25, -0.2) is 0 Å². The quantitative estimate of drug-likeness (QED) is 0.0671. The molecule has 2 N–H and O–H groups in total. The van der Waals surface area contributed by atoms with E-state index in [1.807, 2.05) is 48.3 Å². The Bertz CT molecular complexity index is 1810. The molecule has 0 bridgehead atoms. The first-order valence-corrected chi connectivity index (χ1v) is 21.7. The van der Waals surface area contributed by atoms with E-state index in [1.54, 1.807) is 0 Å². The number of hydrogen-bond donors (Lipinski definition) is 2. The van der Waals surface area contributed by atoms with E-state index in [0.29, 0.717) is 11.8 Å². The number of nitrogens with zero attached hydrogens (tertiary/aromatic N) is 1. The molecular formula is C46H55Cl2CsIN3O5. The van der Waals surface area contributed by atoms with Crippen molar-refractivity contribution >= 4 is 69.8 Å². The number of hydrogen-bond acceptors (Lipinski definition) is 6. The van der Waals surface area contributed by atoms with Crippen LogP contribution in [0, 0.1) is 41.1 Å². The van der Waals surface area contributed by atoms with Gasteiger partial charge in [0, 0.05) is 31.1 Å². The normalized spacial score (nSPS) is 22.1. The Kier molecular flexibility index (Phi) is 23.5. The molecule has 0 aromatic heterocycles. The van der Waals surface area contributed by atoms with Crippen LogP contribution in [-0.2, 0) is 19.3 Å². The molecule has 0 radical (unpaired) electrons. The average molecular weight is 1060 g/mol. The molecule has 58 heavy (non-hydrogen) atoms. The summed E-state index contributed by atoms with van der Waals surface area (Å²) in [7, 11) is 1.98. The Morgan fingerprint density at radius 2 is 1.29 bits per heavy atom. The molecule has 2 saturated heterocycles. The summed E-state index contributed by atoms with van der Waals surface area (Å²) in [5.41, 5.74) is 5.92. The number of unbranched alkanes of at least 4 members (excludes halogenated alkanes) is 1. The average Bonchev–Trinajstić information content (AvgIpc) is 4.02. The van der Waals surface area contributed by atoms with E-state index in [9.17, 15) is 9.59 Å². The Hall–Kier alpha value is -1.43. The summed E-state index contributed by atoms with van der Waals surface area (Å²) in [6, 6.07) is 32.9. The molecule has 6 atom stereocenters. The molecule has 4 aromatic rings. The predicted octanol–water partition coefficient (Wildman–Crippen LogP) is 7.12. The number of anilines is 1. The van der Waals surface area contributed by atoms with Crippen molar-refractivity contribution in [2.24, 2.45) is 23.7 Å². The molecule has 4 aromatic carbocycles. The first-order chi connectivity index (χ1) is 27.5. The smallest absolute Gasteiger partial charge is 0.662 e. The minimum atomic E-state index is -0.181. The predicted molar refractivity (Wildman–Crippen MR) is 237 cm³/mol. The second-order valence-corrected chi connectivity index (χ2v) is 17.0. The van der Waals surface area contributed by atoms with Gasteiger partial charge in [0.2, 0.25) is 11.8 Å². The molecule has 8 nitrogen and oxygen atoms in total. The minimum absolute atomic E-state index is 0. The third-order valence-corrected chi connectivity index (χ3v) is 12.2. The summed E-state index contributed by atoms with van der Waals surface area (Å²) in [4.78, 5) is 38.1. The van der Waals surface area contributed by atoms with Gasteiger partial charge in [0.25, 0.3) is 6.47 Å². The standard InChI is InChI=1S/C20H20ClNO.C13H14ClNO.C7H7I.C5H13N.CH2O3.Cs/c1-13-5-11-16(12-6-13)22-19(14-7-9-15(21)10-8-14)17-3-2-4-18(17)20(22)23;14-9-6-4-8(5-7-9)12-10-2-1-3-11(10)13(16)15-12;1-6-2-4-7(8)5-3-6;1-3-4-5-6-2;2-1-4-3;/h5-12,17-19H,2-4H2,1H3;4-7,10-12H,1-3H2,(H,15,16);2-5H,1H3;6H,3-5H2,1-2H3;1,3H;/q;;;;;+1/p-1. The topological polar surface area (TPSA) is 111 Å². The van der Waals surface area contributed by atoms with Crippen molar-refractivity contribution in [3.63, 3.8) is 0 Å². The van der Waals surface area contributed by atoms with Crippen LogP contribution in [-0.4, -0.2) is 31.9 Å². The maximum absolute atomic E-state index is 13.0. The van der Waals surface area contributed by atoms with E-state index in [1.165, 1.54) is 45.1 Å². The van der Waals surface area contributed by atoms with Crippen molar-refractivity contribution < 1.29 is 93.4 Å². The number of amides is 2. The fourth-order valence-electron chi connectivity index (χ4n) is 8.20. The van der Waals surface area contributed by atoms with Crippen LogP contribution in [0.15, 0.2) is 97.1 Å². The molecule has 4 aliphatic rings. The Morgan fingerprint density at radius 3 is 1.78 bits per heavy atom. The maximum Gasteiger partial charge on any atom is 1.00 e. The Labute approximate surface area is 427 Å². The zero-order chi connectivity index (χ0) is 41.3. The van der Waals surface area contributed by atoms with Crippen LogP contribution in [0.4, 0.5) is 5.69 Å². The number of carbonyl (C=O) groups excluding carboxylic acids is 3. The van der Waals surface area contributed by atoms with Crippen molar-refractivity contribution in [1.82, 2.24) is 10.6 Å². The van der Waals surface area contributed by atoms with Gasteiger partial charge in [-0.1, -0.05) is 109 Å². The monoisotopic (exact) mass is 1060 g/mol. The van der Waals surface area contributed by atoms with Gasteiger partial charge in [-0.3, -0.25) is 14.4 Å². The molecule has 2 aliphatic carbocycles. The molecule has 8 rings (SSSR count). The largest absolute Gasteiger partial charge is 1.00 e. The summed E-state index contributed by atoms with van der Waals surface area (Å²) in [5.74, 6) is 1.87. The van der Waals surface area contributed by atoms with Crippen molar-refractivity contribution in [3.8, 4) is 0 Å². The summed E-state index contributed by atoms with van der Waals surface area (Å²) in [6.45, 7) is 7.34. The molecule has 306 valence electrons. The van der Waals surface area contributed by atoms with Gasteiger partial charge in [0.05, 0.1) is 12.1 Å². The number of benzene rings is 4. The molecule has 2 amide bonds. The van der Waals surface area contributed by atoms with Crippen LogP contribution < -0.4 is 89.7 Å². The van der Waals surface area contributed by atoms with Gasteiger partial charge >= 0.3 is 68.9 Å². The van der Waals surface area contributed by atoms with Crippen LogP contribution in [0.2, 0.25) is 10.0 Å². The number of nitrogens with one attached hydrogen (secondary N) is 2. The molecule has 2 saturated carbocycles. The molecule has 2 aliphatic heterocycles. The third-order valence-electron chi connectivity index (χ3n) is 11.0. The van der Waals surface area contributed by atoms with Gasteiger partial charge in [-0.2, -0.15) is 0 Å². The van der Waals surface area contributed by atoms with Crippen molar-refractivity contribution in [3.05, 3.63) is 133 Å². The van der Waals surface area contributed by atoms with Crippen LogP contribution in [0.1, 0.15) is 92.6 Å². The van der Waals surface area contributed by atoms with Gasteiger partial charge in [-0.15, -0.1) is 0 Å². The van der Waals surface area contributed by atoms with Crippen LogP contribution in [0.25, 0.3) is 0 Å². The van der Waals surface area contributed by atoms with E-state index in [0.717, 1.165) is 54.4 Å². The second-order valence-electron chi connectivity index (χ2n) is 14.9. The van der Waals surface area contributed by atoms with E-state index < -0.39 is 0 Å². The zero-order valence-electron chi connectivity index (χ0n) is 34.3. The molecule has 0 spiro atoms. The molecule has 6 unspecified atom stereocenters. The third kappa shape index (κ3) is 14.9. The fourth-order valence-corrected chi connectivity index (χ4v) is 8.81. The molecule has 12 heteroatoms.